The SMILES string of the molecule is C=CCn1c(=O)c2cnc(Nc3ccc(N4CCN(C5CC5)CC4)c(CO)c3)nc2n1-c1cccc(CN(C)C)c1. The molecule has 10 heteroatoms. The van der Waals surface area contributed by atoms with Crippen molar-refractivity contribution in [1.29, 1.82) is 0 Å². The van der Waals surface area contributed by atoms with Crippen LogP contribution >= 0.6 is 0 Å². The average molecular weight is 555 g/mol. The Hall–Kier alpha value is -3.99. The molecule has 1 saturated carbocycles. The summed E-state index contributed by atoms with van der Waals surface area (Å²) in [7, 11) is 4.06. The molecule has 1 aliphatic heterocycles. The molecule has 0 amide bonds. The molecule has 2 N–H and O–H groups in total. The van der Waals surface area contributed by atoms with Crippen LogP contribution in [0.25, 0.3) is 16.7 Å². The fraction of sp³-hybridized carbons (Fsp3) is 0.387. The standard InChI is InChI=1S/C31H38N8O2/c1-4-12-38-30(41)27-19-32-31(34-29(27)39(38)26-7-5-6-22(17-26)20-35(2)3)33-24-8-11-28(23(18-24)21-40)37-15-13-36(14-16-37)25-9-10-25/h4-8,11,17-19,25,40H,1,9-10,12-16,20-21H2,2-3H3,(H,32,33,34). The average Bonchev–Trinajstić information content (AvgIpc) is 3.79. The second-order valence-corrected chi connectivity index (χ2v) is 11.2. The molecule has 3 heterocycles. The van der Waals surface area contributed by atoms with Crippen molar-refractivity contribution in [3.63, 3.8) is 0 Å². The molecule has 2 aromatic heterocycles. The van der Waals surface area contributed by atoms with Gasteiger partial charge >= 0.3 is 0 Å². The van der Waals surface area contributed by atoms with Crippen LogP contribution in [0.3, 0.4) is 0 Å². The van der Waals surface area contributed by atoms with Crippen molar-refractivity contribution in [1.82, 2.24) is 29.1 Å². The number of allylic oxidation sites excluding steroid dienone is 1. The number of fused-ring (bicyclic) bond motifs is 1. The first-order valence-corrected chi connectivity index (χ1v) is 14.3. The van der Waals surface area contributed by atoms with E-state index in [-0.39, 0.29) is 12.2 Å². The van der Waals surface area contributed by atoms with E-state index in [2.05, 4.69) is 49.8 Å². The van der Waals surface area contributed by atoms with Gasteiger partial charge in [0.15, 0.2) is 5.65 Å². The minimum absolute atomic E-state index is 0.0547. The smallest absolute Gasteiger partial charge is 0.278 e. The van der Waals surface area contributed by atoms with Gasteiger partial charge in [0, 0.05) is 61.9 Å². The molecular weight excluding hydrogens is 516 g/mol. The van der Waals surface area contributed by atoms with Gasteiger partial charge in [0.2, 0.25) is 5.95 Å². The zero-order valence-corrected chi connectivity index (χ0v) is 23.8. The Kier molecular flexibility index (Phi) is 7.61. The van der Waals surface area contributed by atoms with E-state index in [0.29, 0.717) is 23.5 Å². The van der Waals surface area contributed by atoms with Gasteiger partial charge in [0.25, 0.3) is 5.56 Å². The van der Waals surface area contributed by atoms with E-state index in [1.807, 2.05) is 43.0 Å². The molecule has 0 radical (unpaired) electrons. The number of anilines is 3. The van der Waals surface area contributed by atoms with E-state index in [0.717, 1.165) is 67.0 Å². The number of aliphatic hydroxyl groups is 1. The van der Waals surface area contributed by atoms with Gasteiger partial charge in [-0.05, 0) is 62.8 Å². The van der Waals surface area contributed by atoms with Crippen molar-refractivity contribution in [2.75, 3.05) is 50.5 Å². The van der Waals surface area contributed by atoms with Crippen molar-refractivity contribution < 1.29 is 5.11 Å². The Morgan fingerprint density at radius 2 is 1.93 bits per heavy atom. The first-order chi connectivity index (χ1) is 19.9. The number of rotatable bonds is 10. The third-order valence-corrected chi connectivity index (χ3v) is 7.86. The number of nitrogens with zero attached hydrogens (tertiary/aromatic N) is 7. The Labute approximate surface area is 240 Å². The Bertz CT molecular complexity index is 1610. The van der Waals surface area contributed by atoms with E-state index in [4.69, 9.17) is 4.98 Å². The molecule has 2 fully saturated rings. The van der Waals surface area contributed by atoms with Crippen molar-refractivity contribution in [2.24, 2.45) is 0 Å². The summed E-state index contributed by atoms with van der Waals surface area (Å²) >= 11 is 0. The van der Waals surface area contributed by atoms with E-state index in [1.54, 1.807) is 17.0 Å². The summed E-state index contributed by atoms with van der Waals surface area (Å²) < 4.78 is 3.47. The lowest BCUT2D eigenvalue weighted by Crippen LogP contribution is -2.47. The predicted molar refractivity (Wildman–Crippen MR) is 163 cm³/mol. The van der Waals surface area contributed by atoms with Gasteiger partial charge in [-0.15, -0.1) is 6.58 Å². The van der Waals surface area contributed by atoms with Crippen LogP contribution in [-0.2, 0) is 19.7 Å². The number of hydrogen-bond donors (Lipinski definition) is 2. The lowest BCUT2D eigenvalue weighted by Gasteiger charge is -2.37. The highest BCUT2D eigenvalue weighted by Crippen LogP contribution is 2.31. The van der Waals surface area contributed by atoms with Gasteiger partial charge in [-0.2, -0.15) is 4.98 Å². The van der Waals surface area contributed by atoms with E-state index < -0.39 is 0 Å². The largest absolute Gasteiger partial charge is 0.392 e. The minimum atomic E-state index is -0.168. The summed E-state index contributed by atoms with van der Waals surface area (Å²) in [6.07, 6.45) is 5.94. The fourth-order valence-corrected chi connectivity index (χ4v) is 5.78. The summed E-state index contributed by atoms with van der Waals surface area (Å²) in [5, 5.41) is 13.9. The number of aliphatic hydroxyl groups excluding tert-OH is 1. The summed E-state index contributed by atoms with van der Waals surface area (Å²) in [5.41, 5.74) is 5.03. The fourth-order valence-electron chi connectivity index (χ4n) is 5.78. The minimum Gasteiger partial charge on any atom is -0.392 e. The number of nitrogens with one attached hydrogen (secondary N) is 1. The number of hydrogen-bond acceptors (Lipinski definition) is 8. The highest BCUT2D eigenvalue weighted by molar-refractivity contribution is 5.77. The van der Waals surface area contributed by atoms with E-state index in [1.165, 1.54) is 12.8 Å². The quantitative estimate of drug-likeness (QED) is 0.288. The second kappa shape index (κ2) is 11.5. The Balaban J connectivity index is 1.31. The molecule has 1 aliphatic carbocycles. The molecule has 0 atom stereocenters. The maximum Gasteiger partial charge on any atom is 0.278 e. The highest BCUT2D eigenvalue weighted by Gasteiger charge is 2.31. The third kappa shape index (κ3) is 5.63. The molecule has 10 nitrogen and oxygen atoms in total. The lowest BCUT2D eigenvalue weighted by molar-refractivity contribution is 0.246. The van der Waals surface area contributed by atoms with Crippen molar-refractivity contribution in [3.8, 4) is 5.69 Å². The van der Waals surface area contributed by atoms with Crippen LogP contribution in [0.15, 0.2) is 66.1 Å². The summed E-state index contributed by atoms with van der Waals surface area (Å²) in [6.45, 7) is 8.97. The van der Waals surface area contributed by atoms with Crippen LogP contribution in [0.2, 0.25) is 0 Å². The zero-order chi connectivity index (χ0) is 28.5. The normalized spacial score (nSPS) is 16.0. The number of benzene rings is 2. The second-order valence-electron chi connectivity index (χ2n) is 11.2. The summed E-state index contributed by atoms with van der Waals surface area (Å²) in [5.74, 6) is 0.376. The van der Waals surface area contributed by atoms with Gasteiger partial charge in [-0.25, -0.2) is 14.3 Å². The molecule has 4 aromatic rings. The summed E-state index contributed by atoms with van der Waals surface area (Å²) in [4.78, 5) is 29.6. The van der Waals surface area contributed by atoms with Crippen LogP contribution in [0.4, 0.5) is 17.3 Å². The van der Waals surface area contributed by atoms with Crippen molar-refractivity contribution in [2.45, 2.75) is 38.6 Å². The lowest BCUT2D eigenvalue weighted by atomic mass is 10.1. The predicted octanol–water partition coefficient (Wildman–Crippen LogP) is 3.35. The molecule has 2 aliphatic rings. The van der Waals surface area contributed by atoms with Crippen LogP contribution in [0, 0.1) is 0 Å². The molecule has 6 rings (SSSR count). The van der Waals surface area contributed by atoms with Crippen molar-refractivity contribution >= 4 is 28.4 Å². The number of piperazine rings is 1. The molecule has 0 spiro atoms. The molecule has 0 bridgehead atoms. The molecule has 2 aromatic carbocycles. The van der Waals surface area contributed by atoms with Gasteiger partial charge in [-0.1, -0.05) is 18.2 Å². The van der Waals surface area contributed by atoms with Gasteiger partial charge < -0.3 is 20.2 Å². The van der Waals surface area contributed by atoms with E-state index in [9.17, 15) is 9.90 Å². The molecule has 1 saturated heterocycles. The highest BCUT2D eigenvalue weighted by atomic mass is 16.3. The molecule has 41 heavy (non-hydrogen) atoms. The summed E-state index contributed by atoms with van der Waals surface area (Å²) in [6, 6.07) is 14.9. The maximum atomic E-state index is 13.3. The number of aromatic nitrogens is 4. The van der Waals surface area contributed by atoms with Gasteiger partial charge in [0.1, 0.15) is 5.39 Å². The van der Waals surface area contributed by atoms with Gasteiger partial charge in [-0.3, -0.25) is 9.69 Å². The Morgan fingerprint density at radius 3 is 2.63 bits per heavy atom. The molecule has 0 unspecified atom stereocenters. The van der Waals surface area contributed by atoms with Crippen LogP contribution in [0.1, 0.15) is 24.0 Å². The van der Waals surface area contributed by atoms with Crippen LogP contribution < -0.4 is 15.8 Å². The van der Waals surface area contributed by atoms with Crippen molar-refractivity contribution in [3.05, 3.63) is 82.8 Å². The Morgan fingerprint density at radius 1 is 1.12 bits per heavy atom. The molecular formula is C31H38N8O2. The van der Waals surface area contributed by atoms with E-state index >= 15 is 0 Å². The monoisotopic (exact) mass is 554 g/mol. The van der Waals surface area contributed by atoms with Crippen LogP contribution in [-0.4, -0.2) is 80.6 Å². The van der Waals surface area contributed by atoms with Gasteiger partial charge in [0.05, 0.1) is 18.8 Å². The first kappa shape index (κ1) is 27.2. The third-order valence-electron chi connectivity index (χ3n) is 7.86. The topological polar surface area (TPSA) is 94.7 Å². The zero-order valence-electron chi connectivity index (χ0n) is 23.8. The molecule has 214 valence electrons. The maximum absolute atomic E-state index is 13.3. The first-order valence-electron chi connectivity index (χ1n) is 14.3. The van der Waals surface area contributed by atoms with Crippen LogP contribution in [0.5, 0.6) is 0 Å².